The van der Waals surface area contributed by atoms with Crippen molar-refractivity contribution in [2.75, 3.05) is 6.54 Å². The standard InChI is InChI=1S/C11H16FN3O3S/c1-7-10(5-13-14(7)3)8(2)15-6-9(4-11(15)16)19(12,17)18/h5,8-9H,4,6H2,1-3H3. The molecule has 0 N–H and O–H groups in total. The Morgan fingerprint density at radius 3 is 2.58 bits per heavy atom. The molecule has 1 fully saturated rings. The number of carbonyl (C=O) groups excluding carboxylic acids is 1. The molecule has 0 aromatic carbocycles. The van der Waals surface area contributed by atoms with E-state index in [2.05, 4.69) is 5.10 Å². The van der Waals surface area contributed by atoms with Crippen molar-refractivity contribution in [2.45, 2.75) is 31.6 Å². The number of amides is 1. The average molecular weight is 289 g/mol. The molecule has 0 spiro atoms. The number of carbonyl (C=O) groups is 1. The van der Waals surface area contributed by atoms with Gasteiger partial charge in [-0.2, -0.15) is 13.5 Å². The lowest BCUT2D eigenvalue weighted by Crippen LogP contribution is -2.30. The maximum absolute atomic E-state index is 13.0. The Morgan fingerprint density at radius 1 is 1.53 bits per heavy atom. The summed E-state index contributed by atoms with van der Waals surface area (Å²) in [5.74, 6) is -0.345. The quantitative estimate of drug-likeness (QED) is 0.767. The van der Waals surface area contributed by atoms with Crippen molar-refractivity contribution in [2.24, 2.45) is 7.05 Å². The zero-order chi connectivity index (χ0) is 14.4. The minimum absolute atomic E-state index is 0.104. The van der Waals surface area contributed by atoms with E-state index in [1.165, 1.54) is 4.90 Å². The zero-order valence-electron chi connectivity index (χ0n) is 11.0. The third-order valence-corrected chi connectivity index (χ3v) is 4.82. The lowest BCUT2D eigenvalue weighted by Gasteiger charge is -2.24. The van der Waals surface area contributed by atoms with Crippen LogP contribution in [0.5, 0.6) is 0 Å². The van der Waals surface area contributed by atoms with Gasteiger partial charge in [0.25, 0.3) is 0 Å². The second kappa shape index (κ2) is 4.59. The number of hydrogen-bond donors (Lipinski definition) is 0. The van der Waals surface area contributed by atoms with Gasteiger partial charge in [0.15, 0.2) is 0 Å². The predicted octanol–water partition coefficient (Wildman–Crippen LogP) is 0.690. The van der Waals surface area contributed by atoms with Crippen LogP contribution in [0.3, 0.4) is 0 Å². The molecule has 19 heavy (non-hydrogen) atoms. The molecule has 1 amide bonds. The van der Waals surface area contributed by atoms with E-state index in [1.54, 1.807) is 24.9 Å². The molecule has 0 aliphatic carbocycles. The zero-order valence-corrected chi connectivity index (χ0v) is 11.8. The lowest BCUT2D eigenvalue weighted by molar-refractivity contribution is -0.129. The Kier molecular flexibility index (Phi) is 3.38. The molecule has 6 nitrogen and oxygen atoms in total. The summed E-state index contributed by atoms with van der Waals surface area (Å²) in [6.07, 6.45) is 1.35. The molecule has 8 heteroatoms. The summed E-state index contributed by atoms with van der Waals surface area (Å²) in [5, 5.41) is 2.84. The second-order valence-corrected chi connectivity index (χ2v) is 6.45. The highest BCUT2D eigenvalue weighted by Gasteiger charge is 2.40. The highest BCUT2D eigenvalue weighted by Crippen LogP contribution is 2.30. The number of likely N-dealkylation sites (tertiary alicyclic amines) is 1. The Labute approximate surface area is 111 Å². The number of aryl methyl sites for hydroxylation is 1. The van der Waals surface area contributed by atoms with Gasteiger partial charge in [0.2, 0.25) is 5.91 Å². The van der Waals surface area contributed by atoms with Gasteiger partial charge < -0.3 is 4.90 Å². The van der Waals surface area contributed by atoms with Crippen LogP contribution < -0.4 is 0 Å². The van der Waals surface area contributed by atoms with Gasteiger partial charge in [-0.15, -0.1) is 3.89 Å². The summed E-state index contributed by atoms with van der Waals surface area (Å²) >= 11 is 0. The van der Waals surface area contributed by atoms with Gasteiger partial charge in [-0.3, -0.25) is 9.48 Å². The van der Waals surface area contributed by atoms with E-state index < -0.39 is 15.5 Å². The van der Waals surface area contributed by atoms with Gasteiger partial charge in [-0.05, 0) is 13.8 Å². The molecule has 0 radical (unpaired) electrons. The van der Waals surface area contributed by atoms with Crippen LogP contribution in [0.15, 0.2) is 6.20 Å². The Hall–Kier alpha value is -1.44. The third-order valence-electron chi connectivity index (χ3n) is 3.71. The number of halogens is 1. The minimum atomic E-state index is -4.67. The summed E-state index contributed by atoms with van der Waals surface area (Å²) in [5.41, 5.74) is 1.74. The Morgan fingerprint density at radius 2 is 2.16 bits per heavy atom. The summed E-state index contributed by atoms with van der Waals surface area (Å²) < 4.78 is 36.4. The molecule has 1 aliphatic rings. The lowest BCUT2D eigenvalue weighted by atomic mass is 10.1. The van der Waals surface area contributed by atoms with Crippen LogP contribution in [-0.4, -0.2) is 40.8 Å². The molecule has 2 heterocycles. The van der Waals surface area contributed by atoms with Crippen molar-refractivity contribution in [3.05, 3.63) is 17.5 Å². The highest BCUT2D eigenvalue weighted by molar-refractivity contribution is 7.87. The topological polar surface area (TPSA) is 72.3 Å². The molecule has 2 rings (SSSR count). The number of nitrogens with zero attached hydrogens (tertiary/aromatic N) is 3. The average Bonchev–Trinajstić information content (AvgIpc) is 2.83. The Balaban J connectivity index is 2.24. The van der Waals surface area contributed by atoms with Crippen LogP contribution in [0.25, 0.3) is 0 Å². The molecule has 0 bridgehead atoms. The smallest absolute Gasteiger partial charge is 0.307 e. The van der Waals surface area contributed by atoms with E-state index in [-0.39, 0.29) is 24.9 Å². The van der Waals surface area contributed by atoms with E-state index in [0.29, 0.717) is 0 Å². The predicted molar refractivity (Wildman–Crippen MR) is 66.5 cm³/mol. The van der Waals surface area contributed by atoms with Crippen LogP contribution in [0, 0.1) is 6.92 Å². The van der Waals surface area contributed by atoms with Crippen molar-refractivity contribution >= 4 is 16.1 Å². The molecule has 1 aromatic rings. The van der Waals surface area contributed by atoms with E-state index in [0.717, 1.165) is 11.3 Å². The molecular formula is C11H16FN3O3S. The molecule has 2 unspecified atom stereocenters. The van der Waals surface area contributed by atoms with Gasteiger partial charge in [0.1, 0.15) is 5.25 Å². The van der Waals surface area contributed by atoms with E-state index in [4.69, 9.17) is 0 Å². The number of hydrogen-bond acceptors (Lipinski definition) is 4. The third kappa shape index (κ3) is 2.49. The van der Waals surface area contributed by atoms with Gasteiger partial charge in [-0.1, -0.05) is 0 Å². The molecule has 106 valence electrons. The van der Waals surface area contributed by atoms with Gasteiger partial charge in [0, 0.05) is 31.3 Å². The molecule has 1 aromatic heterocycles. The van der Waals surface area contributed by atoms with Gasteiger partial charge >= 0.3 is 10.2 Å². The van der Waals surface area contributed by atoms with E-state index in [1.807, 2.05) is 6.92 Å². The molecule has 0 saturated carbocycles. The molecule has 1 saturated heterocycles. The fourth-order valence-electron chi connectivity index (χ4n) is 2.35. The molecule has 1 aliphatic heterocycles. The summed E-state index contributed by atoms with van der Waals surface area (Å²) in [7, 11) is -2.89. The second-order valence-electron chi connectivity index (χ2n) is 4.83. The molecule has 2 atom stereocenters. The monoisotopic (exact) mass is 289 g/mol. The SMILES string of the molecule is Cc1c(C(C)N2CC(S(=O)(=O)F)CC2=O)cnn1C. The first-order valence-corrected chi connectivity index (χ1v) is 7.38. The minimum Gasteiger partial charge on any atom is -0.334 e. The van der Waals surface area contributed by atoms with Gasteiger partial charge in [-0.25, -0.2) is 0 Å². The van der Waals surface area contributed by atoms with Crippen molar-refractivity contribution in [3.63, 3.8) is 0 Å². The largest absolute Gasteiger partial charge is 0.334 e. The normalized spacial score (nSPS) is 22.0. The van der Waals surface area contributed by atoms with Crippen LogP contribution in [-0.2, 0) is 22.1 Å². The van der Waals surface area contributed by atoms with Crippen molar-refractivity contribution in [1.29, 1.82) is 0 Å². The Bertz CT molecular complexity index is 611. The highest BCUT2D eigenvalue weighted by atomic mass is 32.3. The van der Waals surface area contributed by atoms with Crippen molar-refractivity contribution in [3.8, 4) is 0 Å². The van der Waals surface area contributed by atoms with Gasteiger partial charge in [0.05, 0.1) is 12.2 Å². The maximum Gasteiger partial charge on any atom is 0.307 e. The summed E-state index contributed by atoms with van der Waals surface area (Å²) in [4.78, 5) is 13.2. The fraction of sp³-hybridized carbons (Fsp3) is 0.636. The summed E-state index contributed by atoms with van der Waals surface area (Å²) in [6.45, 7) is 3.55. The van der Waals surface area contributed by atoms with Crippen molar-refractivity contribution in [1.82, 2.24) is 14.7 Å². The fourth-order valence-corrected chi connectivity index (χ4v) is 3.03. The van der Waals surface area contributed by atoms with Crippen LogP contribution in [0.4, 0.5) is 3.89 Å². The van der Waals surface area contributed by atoms with Crippen molar-refractivity contribution < 1.29 is 17.1 Å². The van der Waals surface area contributed by atoms with Crippen LogP contribution in [0.2, 0.25) is 0 Å². The summed E-state index contributed by atoms with van der Waals surface area (Å²) in [6, 6.07) is -0.312. The maximum atomic E-state index is 13.0. The molecular weight excluding hydrogens is 273 g/mol. The van der Waals surface area contributed by atoms with E-state index in [9.17, 15) is 17.1 Å². The van der Waals surface area contributed by atoms with Crippen LogP contribution in [0.1, 0.15) is 30.6 Å². The van der Waals surface area contributed by atoms with Crippen LogP contribution >= 0.6 is 0 Å². The number of rotatable bonds is 3. The van der Waals surface area contributed by atoms with E-state index >= 15 is 0 Å². The number of aromatic nitrogens is 2. The first-order valence-electron chi connectivity index (χ1n) is 5.93. The first kappa shape index (κ1) is 14.0. The first-order chi connectivity index (χ1) is 8.71.